The molecule has 0 aliphatic rings. The Morgan fingerprint density at radius 3 is 2.35 bits per heavy atom. The molecule has 1 N–H and O–H groups in total. The number of benzene rings is 2. The summed E-state index contributed by atoms with van der Waals surface area (Å²) in [6.07, 6.45) is 0. The van der Waals surface area contributed by atoms with Crippen LogP contribution in [0.3, 0.4) is 0 Å². The summed E-state index contributed by atoms with van der Waals surface area (Å²) in [5.74, 6) is -4.01. The lowest BCUT2D eigenvalue weighted by Crippen LogP contribution is -2.16. The molecule has 0 spiro atoms. The summed E-state index contributed by atoms with van der Waals surface area (Å²) in [6.45, 7) is 4.00. The molecule has 0 aliphatic heterocycles. The Balaban J connectivity index is 1.89. The molecule has 2 rings (SSSR count). The molecule has 122 valence electrons. The molecule has 0 unspecified atom stereocenters. The van der Waals surface area contributed by atoms with Gasteiger partial charge in [0.1, 0.15) is 0 Å². The van der Waals surface area contributed by atoms with Crippen LogP contribution in [0.1, 0.15) is 16.7 Å². The fraction of sp³-hybridized carbons (Fsp3) is 0.235. The fourth-order valence-corrected chi connectivity index (χ4v) is 2.98. The van der Waals surface area contributed by atoms with Crippen LogP contribution in [0.5, 0.6) is 0 Å². The lowest BCUT2D eigenvalue weighted by Gasteiger charge is -2.08. The zero-order valence-corrected chi connectivity index (χ0v) is 13.6. The Kier molecular flexibility index (Phi) is 5.71. The Hall–Kier alpha value is -1.95. The van der Waals surface area contributed by atoms with Gasteiger partial charge in [-0.2, -0.15) is 0 Å². The van der Waals surface area contributed by atoms with Crippen molar-refractivity contribution in [2.45, 2.75) is 19.6 Å². The first-order chi connectivity index (χ1) is 10.9. The molecular formula is C17H16F3NOS. The smallest absolute Gasteiger partial charge is 0.234 e. The van der Waals surface area contributed by atoms with Gasteiger partial charge < -0.3 is 5.32 Å². The zero-order chi connectivity index (χ0) is 17.0. The Morgan fingerprint density at radius 1 is 1.04 bits per heavy atom. The van der Waals surface area contributed by atoms with Crippen molar-refractivity contribution in [2.24, 2.45) is 0 Å². The van der Waals surface area contributed by atoms with E-state index >= 15 is 0 Å². The molecule has 6 heteroatoms. The number of nitrogens with one attached hydrogen (secondary N) is 1. The molecule has 0 saturated carbocycles. The number of carbonyl (C=O) groups is 1. The topological polar surface area (TPSA) is 29.1 Å². The van der Waals surface area contributed by atoms with E-state index in [0.717, 1.165) is 28.8 Å². The largest absolute Gasteiger partial charge is 0.323 e. The van der Waals surface area contributed by atoms with Crippen LogP contribution in [-0.2, 0) is 10.5 Å². The minimum atomic E-state index is -1.59. The highest BCUT2D eigenvalue weighted by molar-refractivity contribution is 7.99. The maximum atomic E-state index is 13.5. The second kappa shape index (κ2) is 7.55. The van der Waals surface area contributed by atoms with E-state index in [-0.39, 0.29) is 11.4 Å². The number of halogens is 3. The van der Waals surface area contributed by atoms with Gasteiger partial charge in [0.15, 0.2) is 17.5 Å². The zero-order valence-electron chi connectivity index (χ0n) is 12.8. The van der Waals surface area contributed by atoms with Crippen molar-refractivity contribution in [3.05, 3.63) is 64.5 Å². The van der Waals surface area contributed by atoms with E-state index in [1.165, 1.54) is 11.8 Å². The maximum absolute atomic E-state index is 13.5. The summed E-state index contributed by atoms with van der Waals surface area (Å²) in [5.41, 5.74) is 3.03. The SMILES string of the molecule is Cc1cc(C)cc(CSCC(=O)Nc2ccc(F)c(F)c2F)c1. The van der Waals surface area contributed by atoms with E-state index in [0.29, 0.717) is 5.75 Å². The van der Waals surface area contributed by atoms with Crippen molar-refractivity contribution in [1.29, 1.82) is 0 Å². The molecule has 0 bridgehead atoms. The van der Waals surface area contributed by atoms with Crippen molar-refractivity contribution in [3.8, 4) is 0 Å². The second-order valence-corrected chi connectivity index (χ2v) is 6.25. The van der Waals surface area contributed by atoms with E-state index in [1.807, 2.05) is 26.0 Å². The van der Waals surface area contributed by atoms with Crippen molar-refractivity contribution in [1.82, 2.24) is 0 Å². The monoisotopic (exact) mass is 339 g/mol. The van der Waals surface area contributed by atoms with Crippen LogP contribution in [0.4, 0.5) is 18.9 Å². The summed E-state index contributed by atoms with van der Waals surface area (Å²) in [4.78, 5) is 11.8. The third-order valence-corrected chi connectivity index (χ3v) is 4.10. The minimum absolute atomic E-state index is 0.0887. The normalized spacial score (nSPS) is 10.7. The highest BCUT2D eigenvalue weighted by Gasteiger charge is 2.15. The summed E-state index contributed by atoms with van der Waals surface area (Å²) in [6, 6.07) is 7.91. The number of hydrogen-bond acceptors (Lipinski definition) is 2. The van der Waals surface area contributed by atoms with Crippen molar-refractivity contribution < 1.29 is 18.0 Å². The van der Waals surface area contributed by atoms with Crippen LogP contribution in [0.2, 0.25) is 0 Å². The highest BCUT2D eigenvalue weighted by atomic mass is 32.2. The lowest BCUT2D eigenvalue weighted by atomic mass is 10.1. The molecule has 2 aromatic carbocycles. The van der Waals surface area contributed by atoms with Crippen LogP contribution in [0.15, 0.2) is 30.3 Å². The molecule has 0 fully saturated rings. The first-order valence-corrected chi connectivity index (χ1v) is 8.10. The average molecular weight is 339 g/mol. The van der Waals surface area contributed by atoms with Gasteiger partial charge in [-0.25, -0.2) is 13.2 Å². The average Bonchev–Trinajstić information content (AvgIpc) is 2.47. The standard InChI is InChI=1S/C17H16F3NOS/c1-10-5-11(2)7-12(6-10)8-23-9-15(22)21-14-4-3-13(18)16(19)17(14)20/h3-7H,8-9H2,1-2H3,(H,21,22). The van der Waals surface area contributed by atoms with Gasteiger partial charge in [-0.3, -0.25) is 4.79 Å². The molecule has 2 nitrogen and oxygen atoms in total. The number of hydrogen-bond donors (Lipinski definition) is 1. The van der Waals surface area contributed by atoms with Crippen LogP contribution < -0.4 is 5.32 Å². The molecule has 1 amide bonds. The molecular weight excluding hydrogens is 323 g/mol. The van der Waals surface area contributed by atoms with Crippen LogP contribution in [-0.4, -0.2) is 11.7 Å². The Morgan fingerprint density at radius 2 is 1.70 bits per heavy atom. The third-order valence-electron chi connectivity index (χ3n) is 3.09. The van der Waals surface area contributed by atoms with Crippen LogP contribution in [0, 0.1) is 31.3 Å². The number of rotatable bonds is 5. The van der Waals surface area contributed by atoms with E-state index in [4.69, 9.17) is 0 Å². The fourth-order valence-electron chi connectivity index (χ4n) is 2.22. The molecule has 0 heterocycles. The highest BCUT2D eigenvalue weighted by Crippen LogP contribution is 2.20. The van der Waals surface area contributed by atoms with Gasteiger partial charge >= 0.3 is 0 Å². The summed E-state index contributed by atoms with van der Waals surface area (Å²) in [7, 11) is 0. The van der Waals surface area contributed by atoms with Gasteiger partial charge in [0.05, 0.1) is 11.4 Å². The molecule has 23 heavy (non-hydrogen) atoms. The van der Waals surface area contributed by atoms with E-state index in [9.17, 15) is 18.0 Å². The molecule has 0 atom stereocenters. The van der Waals surface area contributed by atoms with Crippen molar-refractivity contribution >= 4 is 23.4 Å². The Bertz CT molecular complexity index is 714. The van der Waals surface area contributed by atoms with Crippen LogP contribution in [0.25, 0.3) is 0 Å². The van der Waals surface area contributed by atoms with Crippen LogP contribution >= 0.6 is 11.8 Å². The number of amides is 1. The number of aryl methyl sites for hydroxylation is 2. The number of thioether (sulfide) groups is 1. The van der Waals surface area contributed by atoms with E-state index < -0.39 is 23.4 Å². The van der Waals surface area contributed by atoms with E-state index in [1.54, 1.807) is 0 Å². The summed E-state index contributed by atoms with van der Waals surface area (Å²) in [5, 5.41) is 2.25. The van der Waals surface area contributed by atoms with Gasteiger partial charge in [0, 0.05) is 5.75 Å². The molecule has 0 aliphatic carbocycles. The molecule has 0 radical (unpaired) electrons. The quantitative estimate of drug-likeness (QED) is 0.807. The summed E-state index contributed by atoms with van der Waals surface area (Å²) >= 11 is 1.36. The first kappa shape index (κ1) is 17.4. The number of anilines is 1. The predicted molar refractivity (Wildman–Crippen MR) is 87.0 cm³/mol. The van der Waals surface area contributed by atoms with Gasteiger partial charge in [-0.15, -0.1) is 11.8 Å². The van der Waals surface area contributed by atoms with Gasteiger partial charge in [-0.05, 0) is 31.5 Å². The predicted octanol–water partition coefficient (Wildman–Crippen LogP) is 4.59. The maximum Gasteiger partial charge on any atom is 0.234 e. The number of carbonyl (C=O) groups excluding carboxylic acids is 1. The van der Waals surface area contributed by atoms with Gasteiger partial charge in [0.25, 0.3) is 0 Å². The lowest BCUT2D eigenvalue weighted by molar-refractivity contribution is -0.113. The van der Waals surface area contributed by atoms with Crippen molar-refractivity contribution in [3.63, 3.8) is 0 Å². The third kappa shape index (κ3) is 4.76. The van der Waals surface area contributed by atoms with E-state index in [2.05, 4.69) is 11.4 Å². The molecule has 0 aromatic heterocycles. The van der Waals surface area contributed by atoms with Gasteiger partial charge in [0.2, 0.25) is 5.91 Å². The minimum Gasteiger partial charge on any atom is -0.323 e. The molecule has 0 saturated heterocycles. The second-order valence-electron chi connectivity index (χ2n) is 5.26. The molecule has 2 aromatic rings. The van der Waals surface area contributed by atoms with Gasteiger partial charge in [-0.1, -0.05) is 29.3 Å². The Labute approximate surface area is 137 Å². The first-order valence-electron chi connectivity index (χ1n) is 6.95. The summed E-state index contributed by atoms with van der Waals surface area (Å²) < 4.78 is 39.4. The van der Waals surface area contributed by atoms with Crippen molar-refractivity contribution in [2.75, 3.05) is 11.1 Å².